The number of ether oxygens (including phenoxy) is 1. The first kappa shape index (κ1) is 9.05. The molecule has 1 aliphatic carbocycles. The third-order valence-electron chi connectivity index (χ3n) is 2.06. The quantitative estimate of drug-likeness (QED) is 0.565. The van der Waals surface area contributed by atoms with Crippen LogP contribution in [0, 0.1) is 12.5 Å². The Kier molecular flexibility index (Phi) is 4.60. The van der Waals surface area contributed by atoms with Crippen molar-refractivity contribution < 1.29 is 4.74 Å². The molecule has 1 aliphatic rings. The summed E-state index contributed by atoms with van der Waals surface area (Å²) in [6, 6.07) is 0. The summed E-state index contributed by atoms with van der Waals surface area (Å²) < 4.78 is 5.62. The van der Waals surface area contributed by atoms with E-state index in [1.54, 1.807) is 0 Å². The first-order valence-electron chi connectivity index (χ1n) is 4.72. The van der Waals surface area contributed by atoms with Crippen LogP contribution in [0.1, 0.15) is 45.4 Å². The van der Waals surface area contributed by atoms with Crippen LogP contribution in [0.5, 0.6) is 0 Å². The minimum Gasteiger partial charge on any atom is -0.372 e. The maximum atomic E-state index is 5.62. The molecule has 0 spiro atoms. The maximum Gasteiger partial charge on any atom is 0.0970 e. The molecule has 0 aromatic carbocycles. The molecule has 0 atom stereocenters. The maximum absolute atomic E-state index is 5.62. The molecular formula is C10H18O. The fourth-order valence-electron chi connectivity index (χ4n) is 1.30. The molecule has 1 saturated carbocycles. The van der Waals surface area contributed by atoms with Gasteiger partial charge in [-0.15, -0.1) is 0 Å². The predicted molar refractivity (Wildman–Crippen MR) is 46.9 cm³/mol. The van der Waals surface area contributed by atoms with Gasteiger partial charge in [0.2, 0.25) is 0 Å². The average Bonchev–Trinajstić information content (AvgIpc) is 2.07. The highest BCUT2D eigenvalue weighted by Gasteiger charge is 2.13. The van der Waals surface area contributed by atoms with Crippen LogP contribution in [-0.2, 0) is 4.74 Å². The third-order valence-corrected chi connectivity index (χ3v) is 2.06. The van der Waals surface area contributed by atoms with Crippen molar-refractivity contribution in [2.45, 2.75) is 45.4 Å². The largest absolute Gasteiger partial charge is 0.372 e. The van der Waals surface area contributed by atoms with E-state index in [1.165, 1.54) is 44.6 Å². The summed E-state index contributed by atoms with van der Waals surface area (Å²) >= 11 is 0. The minimum absolute atomic E-state index is 0.936. The second-order valence-electron chi connectivity index (χ2n) is 3.11. The first-order valence-corrected chi connectivity index (χ1v) is 4.72. The molecule has 1 heteroatoms. The second-order valence-corrected chi connectivity index (χ2v) is 3.11. The highest BCUT2D eigenvalue weighted by atomic mass is 16.5. The molecule has 0 aromatic heterocycles. The van der Waals surface area contributed by atoms with Crippen molar-refractivity contribution in [2.24, 2.45) is 0 Å². The highest BCUT2D eigenvalue weighted by molar-refractivity contribution is 4.89. The summed E-state index contributed by atoms with van der Waals surface area (Å²) in [5, 5.41) is 0. The van der Waals surface area contributed by atoms with E-state index in [-0.39, 0.29) is 0 Å². The molecule has 1 fully saturated rings. The Bertz CT molecular complexity index is 84.9. The Morgan fingerprint density at radius 1 is 1.36 bits per heavy atom. The minimum atomic E-state index is 0.936. The molecule has 0 bridgehead atoms. The van der Waals surface area contributed by atoms with Gasteiger partial charge >= 0.3 is 0 Å². The Balaban J connectivity index is 1.96. The monoisotopic (exact) mass is 154 g/mol. The van der Waals surface area contributed by atoms with E-state index in [0.29, 0.717) is 0 Å². The highest BCUT2D eigenvalue weighted by Crippen LogP contribution is 2.25. The number of rotatable bonds is 4. The lowest BCUT2D eigenvalue weighted by Crippen LogP contribution is -2.09. The molecule has 0 amide bonds. The standard InChI is InChI=1S/C10H18O/c1-2-3-9-11-10-7-5-4-6-8-10/h4H,2-3,5-9H2,1H3. The Labute approximate surface area is 70.1 Å². The van der Waals surface area contributed by atoms with Crippen molar-refractivity contribution in [1.29, 1.82) is 0 Å². The van der Waals surface area contributed by atoms with Crippen LogP contribution in [0.3, 0.4) is 0 Å². The van der Waals surface area contributed by atoms with Gasteiger partial charge in [-0.1, -0.05) is 13.3 Å². The van der Waals surface area contributed by atoms with Crippen LogP contribution in [0.4, 0.5) is 0 Å². The Morgan fingerprint density at radius 3 is 2.73 bits per heavy atom. The van der Waals surface area contributed by atoms with Gasteiger partial charge in [-0.2, -0.15) is 0 Å². The van der Waals surface area contributed by atoms with Gasteiger partial charge in [-0.3, -0.25) is 0 Å². The van der Waals surface area contributed by atoms with Crippen molar-refractivity contribution >= 4 is 0 Å². The molecule has 0 heterocycles. The van der Waals surface area contributed by atoms with E-state index in [2.05, 4.69) is 13.3 Å². The predicted octanol–water partition coefficient (Wildman–Crippen LogP) is 3.11. The number of hydrogen-bond acceptors (Lipinski definition) is 1. The van der Waals surface area contributed by atoms with E-state index in [9.17, 15) is 0 Å². The summed E-state index contributed by atoms with van der Waals surface area (Å²) in [5.41, 5.74) is 0. The van der Waals surface area contributed by atoms with E-state index in [1.807, 2.05) is 0 Å². The third kappa shape index (κ3) is 3.76. The van der Waals surface area contributed by atoms with Crippen LogP contribution < -0.4 is 0 Å². The lowest BCUT2D eigenvalue weighted by molar-refractivity contribution is 0.117. The van der Waals surface area contributed by atoms with E-state index < -0.39 is 0 Å². The lowest BCUT2D eigenvalue weighted by Gasteiger charge is -2.20. The molecule has 1 nitrogen and oxygen atoms in total. The van der Waals surface area contributed by atoms with Gasteiger partial charge in [0.25, 0.3) is 0 Å². The zero-order chi connectivity index (χ0) is 7.94. The molecular weight excluding hydrogens is 136 g/mol. The molecule has 0 aliphatic heterocycles. The number of unbranched alkanes of at least 4 members (excludes halogenated alkanes) is 1. The van der Waals surface area contributed by atoms with Crippen molar-refractivity contribution in [3.8, 4) is 0 Å². The molecule has 1 rings (SSSR count). The molecule has 0 aromatic rings. The summed E-state index contributed by atoms with van der Waals surface area (Å²) in [5.74, 6) is 0. The SMILES string of the molecule is CCCCO[C]1CC[CH]CC1. The van der Waals surface area contributed by atoms with Gasteiger partial charge in [0.1, 0.15) is 0 Å². The van der Waals surface area contributed by atoms with E-state index in [4.69, 9.17) is 4.74 Å². The van der Waals surface area contributed by atoms with Crippen molar-refractivity contribution in [3.05, 3.63) is 12.5 Å². The van der Waals surface area contributed by atoms with Crippen molar-refractivity contribution in [3.63, 3.8) is 0 Å². The van der Waals surface area contributed by atoms with Gasteiger partial charge in [-0.05, 0) is 38.5 Å². The first-order chi connectivity index (χ1) is 5.43. The average molecular weight is 154 g/mol. The lowest BCUT2D eigenvalue weighted by atomic mass is 9.98. The summed E-state index contributed by atoms with van der Waals surface area (Å²) in [6.07, 6.45) is 10.9. The van der Waals surface area contributed by atoms with Crippen LogP contribution in [0.2, 0.25) is 0 Å². The van der Waals surface area contributed by atoms with Crippen molar-refractivity contribution in [2.75, 3.05) is 6.61 Å². The van der Waals surface area contributed by atoms with Gasteiger partial charge in [0.05, 0.1) is 6.10 Å². The van der Waals surface area contributed by atoms with Gasteiger partial charge in [0, 0.05) is 6.61 Å². The fraction of sp³-hybridized carbons (Fsp3) is 0.800. The topological polar surface area (TPSA) is 9.23 Å². The summed E-state index contributed by atoms with van der Waals surface area (Å²) in [6.45, 7) is 3.13. The van der Waals surface area contributed by atoms with Gasteiger partial charge < -0.3 is 4.74 Å². The normalized spacial score (nSPS) is 20.5. The molecule has 2 radical (unpaired) electrons. The van der Waals surface area contributed by atoms with Crippen LogP contribution in [0.25, 0.3) is 0 Å². The molecule has 0 saturated heterocycles. The van der Waals surface area contributed by atoms with Crippen LogP contribution in [0.15, 0.2) is 0 Å². The Hall–Kier alpha value is -0.0400. The second kappa shape index (κ2) is 5.59. The van der Waals surface area contributed by atoms with Gasteiger partial charge in [0.15, 0.2) is 0 Å². The molecule has 11 heavy (non-hydrogen) atoms. The smallest absolute Gasteiger partial charge is 0.0970 e. The summed E-state index contributed by atoms with van der Waals surface area (Å²) in [7, 11) is 0. The zero-order valence-corrected chi connectivity index (χ0v) is 7.44. The van der Waals surface area contributed by atoms with E-state index >= 15 is 0 Å². The zero-order valence-electron chi connectivity index (χ0n) is 7.44. The Morgan fingerprint density at radius 2 is 2.09 bits per heavy atom. The number of hydrogen-bond donors (Lipinski definition) is 0. The van der Waals surface area contributed by atoms with Crippen LogP contribution >= 0.6 is 0 Å². The molecule has 64 valence electrons. The van der Waals surface area contributed by atoms with E-state index in [0.717, 1.165) is 6.61 Å². The van der Waals surface area contributed by atoms with Crippen molar-refractivity contribution in [1.82, 2.24) is 0 Å². The fourth-order valence-corrected chi connectivity index (χ4v) is 1.30. The summed E-state index contributed by atoms with van der Waals surface area (Å²) in [4.78, 5) is 0. The molecule has 0 N–H and O–H groups in total. The van der Waals surface area contributed by atoms with Crippen LogP contribution in [-0.4, -0.2) is 6.61 Å². The molecule has 0 unspecified atom stereocenters. The van der Waals surface area contributed by atoms with Gasteiger partial charge in [-0.25, -0.2) is 0 Å².